The summed E-state index contributed by atoms with van der Waals surface area (Å²) in [6, 6.07) is 9.23. The molecule has 3 aromatic heterocycles. The number of benzene rings is 2. The van der Waals surface area contributed by atoms with Crippen molar-refractivity contribution in [3.8, 4) is 17.3 Å². The van der Waals surface area contributed by atoms with Crippen LogP contribution in [0.3, 0.4) is 0 Å². The third-order valence-electron chi connectivity index (χ3n) is 7.65. The maximum Gasteiger partial charge on any atom is 0.268 e. The molecule has 2 aromatic carbocycles. The van der Waals surface area contributed by atoms with Crippen molar-refractivity contribution < 1.29 is 26.3 Å². The first-order valence-electron chi connectivity index (χ1n) is 14.1. The molecule has 44 heavy (non-hydrogen) atoms. The molecule has 1 N–H and O–H groups in total. The first kappa shape index (κ1) is 29.5. The Labute approximate surface area is 252 Å². The number of aromatic nitrogens is 5. The Hall–Kier alpha value is -4.52. The molecule has 0 radical (unpaired) electrons. The molecule has 228 valence electrons. The summed E-state index contributed by atoms with van der Waals surface area (Å²) < 4.78 is 79.2. The summed E-state index contributed by atoms with van der Waals surface area (Å²) in [5.41, 5.74) is 1.26. The lowest BCUT2D eigenvalue weighted by Gasteiger charge is -2.30. The third-order valence-corrected chi connectivity index (χ3v) is 9.33. The van der Waals surface area contributed by atoms with E-state index in [4.69, 9.17) is 4.74 Å². The second-order valence-electron chi connectivity index (χ2n) is 11.0. The maximum absolute atomic E-state index is 15.4. The second kappa shape index (κ2) is 11.5. The predicted octanol–water partition coefficient (Wildman–Crippen LogP) is 6.27. The highest BCUT2D eigenvalue weighted by Crippen LogP contribution is 2.35. The molecule has 5 aromatic rings. The SMILES string of the molecule is Cc1ccc(S(=O)(=O)n2cc(-c3nc(C)c(F)c(NC4CCCC(Oc5cc(C)ncn5)C4)n3)c3cc(F)cc(F)c32)cc1. The van der Waals surface area contributed by atoms with Gasteiger partial charge in [0.1, 0.15) is 23.8 Å². The molecule has 0 bridgehead atoms. The highest BCUT2D eigenvalue weighted by molar-refractivity contribution is 7.90. The number of fused-ring (bicyclic) bond motifs is 1. The van der Waals surface area contributed by atoms with Crippen LogP contribution in [0.25, 0.3) is 22.3 Å². The van der Waals surface area contributed by atoms with Crippen LogP contribution in [0.2, 0.25) is 0 Å². The molecule has 13 heteroatoms. The van der Waals surface area contributed by atoms with Crippen LogP contribution in [0, 0.1) is 38.2 Å². The molecule has 1 saturated carbocycles. The first-order valence-corrected chi connectivity index (χ1v) is 15.5. The lowest BCUT2D eigenvalue weighted by atomic mass is 9.93. The average molecular weight is 623 g/mol. The van der Waals surface area contributed by atoms with E-state index >= 15 is 8.78 Å². The maximum atomic E-state index is 15.4. The average Bonchev–Trinajstić information content (AvgIpc) is 3.36. The van der Waals surface area contributed by atoms with Crippen molar-refractivity contribution in [1.29, 1.82) is 0 Å². The Morgan fingerprint density at radius 2 is 1.75 bits per heavy atom. The number of nitrogens with one attached hydrogen (secondary N) is 1. The van der Waals surface area contributed by atoms with E-state index in [0.717, 1.165) is 46.8 Å². The summed E-state index contributed by atoms with van der Waals surface area (Å²) in [4.78, 5) is 16.8. The number of hydrogen-bond donors (Lipinski definition) is 1. The van der Waals surface area contributed by atoms with Gasteiger partial charge in [0.15, 0.2) is 23.3 Å². The molecule has 1 fully saturated rings. The zero-order chi connectivity index (χ0) is 31.2. The molecule has 0 saturated heterocycles. The van der Waals surface area contributed by atoms with Crippen LogP contribution in [0.5, 0.6) is 5.88 Å². The van der Waals surface area contributed by atoms with E-state index in [2.05, 4.69) is 25.3 Å². The van der Waals surface area contributed by atoms with Gasteiger partial charge in [0.2, 0.25) is 5.88 Å². The molecule has 0 amide bonds. The van der Waals surface area contributed by atoms with Gasteiger partial charge in [-0.2, -0.15) is 0 Å². The van der Waals surface area contributed by atoms with E-state index in [9.17, 15) is 12.8 Å². The van der Waals surface area contributed by atoms with Crippen molar-refractivity contribution in [1.82, 2.24) is 23.9 Å². The Kier molecular flexibility index (Phi) is 7.74. The quantitative estimate of drug-likeness (QED) is 0.226. The third kappa shape index (κ3) is 5.71. The normalized spacial score (nSPS) is 17.1. The van der Waals surface area contributed by atoms with Crippen molar-refractivity contribution in [2.75, 3.05) is 5.32 Å². The Bertz CT molecular complexity index is 1980. The van der Waals surface area contributed by atoms with Gasteiger partial charge < -0.3 is 10.1 Å². The van der Waals surface area contributed by atoms with E-state index in [1.807, 2.05) is 6.92 Å². The molecule has 0 spiro atoms. The van der Waals surface area contributed by atoms with Crippen molar-refractivity contribution in [2.24, 2.45) is 0 Å². The molecule has 1 aliphatic carbocycles. The lowest BCUT2D eigenvalue weighted by molar-refractivity contribution is 0.142. The van der Waals surface area contributed by atoms with Crippen LogP contribution in [0.15, 0.2) is 59.9 Å². The summed E-state index contributed by atoms with van der Waals surface area (Å²) in [6.07, 6.45) is 5.29. The van der Waals surface area contributed by atoms with E-state index in [1.165, 1.54) is 25.4 Å². The number of anilines is 1. The van der Waals surface area contributed by atoms with Crippen molar-refractivity contribution in [3.05, 3.63) is 89.4 Å². The molecule has 2 atom stereocenters. The number of nitrogens with zero attached hydrogens (tertiary/aromatic N) is 5. The topological polar surface area (TPSA) is 112 Å². The second-order valence-corrected chi connectivity index (χ2v) is 12.8. The van der Waals surface area contributed by atoms with Crippen LogP contribution in [0.4, 0.5) is 19.0 Å². The summed E-state index contributed by atoms with van der Waals surface area (Å²) >= 11 is 0. The van der Waals surface area contributed by atoms with Crippen LogP contribution >= 0.6 is 0 Å². The molecule has 1 aliphatic rings. The molecular formula is C31H29F3N6O3S. The summed E-state index contributed by atoms with van der Waals surface area (Å²) in [5, 5.41) is 3.09. The summed E-state index contributed by atoms with van der Waals surface area (Å²) in [5.74, 6) is -2.39. The minimum atomic E-state index is -4.30. The van der Waals surface area contributed by atoms with Gasteiger partial charge in [-0.1, -0.05) is 17.7 Å². The predicted molar refractivity (Wildman–Crippen MR) is 158 cm³/mol. The minimum Gasteiger partial charge on any atom is -0.474 e. The van der Waals surface area contributed by atoms with Gasteiger partial charge in [-0.25, -0.2) is 45.5 Å². The zero-order valence-corrected chi connectivity index (χ0v) is 25.0. The summed E-state index contributed by atoms with van der Waals surface area (Å²) in [7, 11) is -4.30. The van der Waals surface area contributed by atoms with Crippen LogP contribution in [-0.4, -0.2) is 44.5 Å². The van der Waals surface area contributed by atoms with Crippen molar-refractivity contribution in [3.63, 3.8) is 0 Å². The van der Waals surface area contributed by atoms with E-state index in [1.54, 1.807) is 25.1 Å². The molecule has 2 unspecified atom stereocenters. The van der Waals surface area contributed by atoms with E-state index < -0.39 is 27.5 Å². The Morgan fingerprint density at radius 3 is 2.50 bits per heavy atom. The van der Waals surface area contributed by atoms with Crippen LogP contribution in [0.1, 0.15) is 42.6 Å². The number of rotatable bonds is 7. The standard InChI is InChI=1S/C31H29F3N6O3S/c1-17-7-9-23(10-8-17)44(41,42)40-15-25(24-12-20(32)13-26(33)29(24)40)30-37-19(3)28(34)31(39-30)38-21-5-4-6-22(14-21)43-27-11-18(2)35-16-36-27/h7-13,15-16,21-22H,4-6,14H2,1-3H3,(H,37,38,39). The van der Waals surface area contributed by atoms with Gasteiger partial charge in [-0.05, 0) is 58.2 Å². The molecule has 6 rings (SSSR count). The van der Waals surface area contributed by atoms with Gasteiger partial charge in [-0.3, -0.25) is 0 Å². The van der Waals surface area contributed by atoms with Gasteiger partial charge >= 0.3 is 0 Å². The highest BCUT2D eigenvalue weighted by Gasteiger charge is 2.28. The number of aryl methyl sites for hydroxylation is 3. The van der Waals surface area contributed by atoms with E-state index in [-0.39, 0.29) is 50.8 Å². The van der Waals surface area contributed by atoms with Gasteiger partial charge in [-0.15, -0.1) is 0 Å². The molecule has 9 nitrogen and oxygen atoms in total. The fraction of sp³-hybridized carbons (Fsp3) is 0.290. The zero-order valence-electron chi connectivity index (χ0n) is 24.2. The van der Waals surface area contributed by atoms with E-state index in [0.29, 0.717) is 18.4 Å². The Morgan fingerprint density at radius 1 is 0.977 bits per heavy atom. The van der Waals surface area contributed by atoms with Gasteiger partial charge in [0.05, 0.1) is 10.6 Å². The lowest BCUT2D eigenvalue weighted by Crippen LogP contribution is -2.34. The molecule has 3 heterocycles. The fourth-order valence-corrected chi connectivity index (χ4v) is 6.83. The van der Waals surface area contributed by atoms with Crippen molar-refractivity contribution >= 4 is 26.7 Å². The Balaban J connectivity index is 1.37. The largest absolute Gasteiger partial charge is 0.474 e. The summed E-state index contributed by atoms with van der Waals surface area (Å²) in [6.45, 7) is 5.09. The molecule has 0 aliphatic heterocycles. The number of halogens is 3. The van der Waals surface area contributed by atoms with Crippen LogP contribution in [-0.2, 0) is 10.0 Å². The molecular weight excluding hydrogens is 593 g/mol. The minimum absolute atomic E-state index is 0.0169. The van der Waals surface area contributed by atoms with Gasteiger partial charge in [0.25, 0.3) is 10.0 Å². The fourth-order valence-electron chi connectivity index (χ4n) is 5.46. The van der Waals surface area contributed by atoms with Crippen LogP contribution < -0.4 is 10.1 Å². The number of hydrogen-bond acceptors (Lipinski definition) is 8. The van der Waals surface area contributed by atoms with Gasteiger partial charge in [0, 0.05) is 47.4 Å². The monoisotopic (exact) mass is 622 g/mol. The van der Waals surface area contributed by atoms with Crippen molar-refractivity contribution in [2.45, 2.75) is 63.5 Å². The first-order chi connectivity index (χ1) is 21.0. The smallest absolute Gasteiger partial charge is 0.268 e. The highest BCUT2D eigenvalue weighted by atomic mass is 32.2. The number of ether oxygens (including phenoxy) is 1.